The zero-order valence-corrected chi connectivity index (χ0v) is 10.5. The summed E-state index contributed by atoms with van der Waals surface area (Å²) >= 11 is 5.83. The Morgan fingerprint density at radius 2 is 2.29 bits per heavy atom. The molecule has 1 aliphatic rings. The van der Waals surface area contributed by atoms with Crippen molar-refractivity contribution in [2.24, 2.45) is 0 Å². The number of nitrogens with one attached hydrogen (secondary N) is 1. The van der Waals surface area contributed by atoms with Gasteiger partial charge in [-0.25, -0.2) is 0 Å². The van der Waals surface area contributed by atoms with Crippen LogP contribution >= 0.6 is 11.6 Å². The van der Waals surface area contributed by atoms with Crippen molar-refractivity contribution in [2.45, 2.75) is 31.4 Å². The fraction of sp³-hybridized carbons (Fsp3) is 0.538. The lowest BCUT2D eigenvalue weighted by Gasteiger charge is -2.27. The smallest absolute Gasteiger partial charge is 0.120 e. The van der Waals surface area contributed by atoms with Crippen LogP contribution in [0.25, 0.3) is 0 Å². The molecule has 2 N–H and O–H groups in total. The third kappa shape index (κ3) is 4.19. The van der Waals surface area contributed by atoms with E-state index in [2.05, 4.69) is 5.32 Å². The average molecular weight is 256 g/mol. The summed E-state index contributed by atoms with van der Waals surface area (Å²) in [6.45, 7) is 0.880. The van der Waals surface area contributed by atoms with Crippen molar-refractivity contribution >= 4 is 11.6 Å². The monoisotopic (exact) mass is 255 g/mol. The molecule has 0 bridgehead atoms. The summed E-state index contributed by atoms with van der Waals surface area (Å²) in [5.41, 5.74) is 0. The van der Waals surface area contributed by atoms with E-state index >= 15 is 0 Å². The van der Waals surface area contributed by atoms with Crippen LogP contribution in [-0.4, -0.2) is 30.4 Å². The first-order valence-corrected chi connectivity index (χ1v) is 6.41. The summed E-state index contributed by atoms with van der Waals surface area (Å²) in [6.07, 6.45) is 3.27. The number of aliphatic hydroxyl groups excluding tert-OH is 1. The maximum atomic E-state index is 9.73. The molecule has 1 fully saturated rings. The van der Waals surface area contributed by atoms with Gasteiger partial charge in [0.05, 0.1) is 0 Å². The predicted molar refractivity (Wildman–Crippen MR) is 68.6 cm³/mol. The number of hydrogen-bond donors (Lipinski definition) is 2. The number of rotatable bonds is 6. The first-order valence-electron chi connectivity index (χ1n) is 6.04. The molecule has 1 aromatic rings. The Labute approximate surface area is 107 Å². The highest BCUT2D eigenvalue weighted by molar-refractivity contribution is 6.30. The Hall–Kier alpha value is -0.770. The SMILES string of the molecule is OC(CNC1CCC1)COc1cccc(Cl)c1. The highest BCUT2D eigenvalue weighted by Gasteiger charge is 2.17. The van der Waals surface area contributed by atoms with Gasteiger partial charge in [0.15, 0.2) is 0 Å². The Kier molecular flexibility index (Phi) is 4.66. The molecule has 0 aliphatic heterocycles. The molecule has 0 spiro atoms. The fourth-order valence-electron chi connectivity index (χ4n) is 1.72. The molecule has 0 amide bonds. The number of ether oxygens (including phenoxy) is 1. The summed E-state index contributed by atoms with van der Waals surface area (Å²) in [5.74, 6) is 0.695. The highest BCUT2D eigenvalue weighted by Crippen LogP contribution is 2.18. The minimum absolute atomic E-state index is 0.292. The van der Waals surface area contributed by atoms with Crippen molar-refractivity contribution in [1.29, 1.82) is 0 Å². The van der Waals surface area contributed by atoms with Crippen LogP contribution in [0.3, 0.4) is 0 Å². The highest BCUT2D eigenvalue weighted by atomic mass is 35.5. The van der Waals surface area contributed by atoms with Gasteiger partial charge in [0.25, 0.3) is 0 Å². The molecule has 0 radical (unpaired) electrons. The third-order valence-corrected chi connectivity index (χ3v) is 3.22. The maximum absolute atomic E-state index is 9.73. The van der Waals surface area contributed by atoms with Crippen molar-refractivity contribution in [3.8, 4) is 5.75 Å². The van der Waals surface area contributed by atoms with Gasteiger partial charge in [-0.2, -0.15) is 0 Å². The standard InChI is InChI=1S/C13H18ClNO2/c14-10-3-1-6-13(7-10)17-9-12(16)8-15-11-4-2-5-11/h1,3,6-7,11-12,15-16H,2,4-5,8-9H2. The van der Waals surface area contributed by atoms with Crippen LogP contribution in [0.4, 0.5) is 0 Å². The van der Waals surface area contributed by atoms with Crippen molar-refractivity contribution in [1.82, 2.24) is 5.32 Å². The number of halogens is 1. The topological polar surface area (TPSA) is 41.5 Å². The molecule has 0 heterocycles. The molecular weight excluding hydrogens is 238 g/mol. The quantitative estimate of drug-likeness (QED) is 0.819. The summed E-state index contributed by atoms with van der Waals surface area (Å²) in [5, 5.41) is 13.7. The number of hydrogen-bond acceptors (Lipinski definition) is 3. The zero-order chi connectivity index (χ0) is 12.1. The molecule has 3 nitrogen and oxygen atoms in total. The molecule has 17 heavy (non-hydrogen) atoms. The Bertz CT molecular complexity index is 355. The van der Waals surface area contributed by atoms with Gasteiger partial charge in [-0.05, 0) is 31.0 Å². The van der Waals surface area contributed by atoms with Crippen LogP contribution in [0.1, 0.15) is 19.3 Å². The summed E-state index contributed by atoms with van der Waals surface area (Å²) in [7, 11) is 0. The van der Waals surface area contributed by atoms with Crippen LogP contribution in [0.15, 0.2) is 24.3 Å². The van der Waals surface area contributed by atoms with Gasteiger partial charge in [0.1, 0.15) is 18.5 Å². The molecule has 1 aromatic carbocycles. The van der Waals surface area contributed by atoms with Crippen LogP contribution in [0, 0.1) is 0 Å². The molecule has 0 aromatic heterocycles. The van der Waals surface area contributed by atoms with Crippen LogP contribution in [0.2, 0.25) is 5.02 Å². The molecular formula is C13H18ClNO2. The second-order valence-corrected chi connectivity index (χ2v) is 4.89. The maximum Gasteiger partial charge on any atom is 0.120 e. The lowest BCUT2D eigenvalue weighted by molar-refractivity contribution is 0.0997. The Morgan fingerprint density at radius 3 is 2.94 bits per heavy atom. The molecule has 0 saturated heterocycles. The Morgan fingerprint density at radius 1 is 1.47 bits per heavy atom. The van der Waals surface area contributed by atoms with Crippen molar-refractivity contribution < 1.29 is 9.84 Å². The number of aliphatic hydroxyl groups is 1. The van der Waals surface area contributed by atoms with Crippen molar-refractivity contribution in [3.05, 3.63) is 29.3 Å². The van der Waals surface area contributed by atoms with E-state index in [1.807, 2.05) is 12.1 Å². The molecule has 4 heteroatoms. The van der Waals surface area contributed by atoms with Gasteiger partial charge in [0.2, 0.25) is 0 Å². The lowest BCUT2D eigenvalue weighted by atomic mass is 9.93. The predicted octanol–water partition coefficient (Wildman–Crippen LogP) is 2.22. The zero-order valence-electron chi connectivity index (χ0n) is 9.73. The summed E-state index contributed by atoms with van der Waals surface area (Å²) in [6, 6.07) is 7.79. The largest absolute Gasteiger partial charge is 0.491 e. The molecule has 1 saturated carbocycles. The molecule has 94 valence electrons. The minimum atomic E-state index is -0.477. The van der Waals surface area contributed by atoms with Gasteiger partial charge in [-0.15, -0.1) is 0 Å². The molecule has 1 unspecified atom stereocenters. The van der Waals surface area contributed by atoms with E-state index in [-0.39, 0.29) is 0 Å². The second kappa shape index (κ2) is 6.24. The van der Waals surface area contributed by atoms with Crippen LogP contribution < -0.4 is 10.1 Å². The van der Waals surface area contributed by atoms with Gasteiger partial charge < -0.3 is 15.2 Å². The first kappa shape index (κ1) is 12.7. The van der Waals surface area contributed by atoms with E-state index in [0.717, 1.165) is 0 Å². The Balaban J connectivity index is 1.66. The van der Waals surface area contributed by atoms with Crippen molar-refractivity contribution in [3.63, 3.8) is 0 Å². The van der Waals surface area contributed by atoms with Gasteiger partial charge in [-0.3, -0.25) is 0 Å². The van der Waals surface area contributed by atoms with Gasteiger partial charge >= 0.3 is 0 Å². The molecule has 2 rings (SSSR count). The van der Waals surface area contributed by atoms with E-state index in [1.165, 1.54) is 19.3 Å². The lowest BCUT2D eigenvalue weighted by Crippen LogP contribution is -2.41. The van der Waals surface area contributed by atoms with Crippen LogP contribution in [0.5, 0.6) is 5.75 Å². The second-order valence-electron chi connectivity index (χ2n) is 4.46. The summed E-state index contributed by atoms with van der Waals surface area (Å²) < 4.78 is 5.46. The first-order chi connectivity index (χ1) is 8.24. The van der Waals surface area contributed by atoms with Crippen LogP contribution in [-0.2, 0) is 0 Å². The molecule has 1 aliphatic carbocycles. The third-order valence-electron chi connectivity index (χ3n) is 2.99. The van der Waals surface area contributed by atoms with E-state index in [0.29, 0.717) is 30.0 Å². The van der Waals surface area contributed by atoms with E-state index in [4.69, 9.17) is 16.3 Å². The van der Waals surface area contributed by atoms with Gasteiger partial charge in [-0.1, -0.05) is 24.1 Å². The van der Waals surface area contributed by atoms with E-state index in [1.54, 1.807) is 12.1 Å². The fourth-order valence-corrected chi connectivity index (χ4v) is 1.90. The van der Waals surface area contributed by atoms with E-state index < -0.39 is 6.10 Å². The molecule has 1 atom stereocenters. The summed E-state index contributed by atoms with van der Waals surface area (Å²) in [4.78, 5) is 0. The van der Waals surface area contributed by atoms with Gasteiger partial charge in [0, 0.05) is 17.6 Å². The average Bonchev–Trinajstić information content (AvgIpc) is 2.24. The van der Waals surface area contributed by atoms with Crippen molar-refractivity contribution in [2.75, 3.05) is 13.2 Å². The number of benzene rings is 1. The minimum Gasteiger partial charge on any atom is -0.491 e. The van der Waals surface area contributed by atoms with E-state index in [9.17, 15) is 5.11 Å². The normalized spacial score (nSPS) is 17.5.